The number of para-hydroxylation sites is 2. The smallest absolute Gasteiger partial charge is 0.223 e. The molecular weight excluding hydrogens is 384 g/mol. The average Bonchev–Trinajstić information content (AvgIpc) is 3.13. The van der Waals surface area contributed by atoms with Gasteiger partial charge in [-0.25, -0.2) is 9.97 Å². The van der Waals surface area contributed by atoms with Crippen molar-refractivity contribution in [3.63, 3.8) is 0 Å². The largest absolute Gasteiger partial charge is 0.477 e. The minimum Gasteiger partial charge on any atom is -0.477 e. The van der Waals surface area contributed by atoms with Crippen LogP contribution >= 0.6 is 0 Å². The molecule has 2 heterocycles. The van der Waals surface area contributed by atoms with Gasteiger partial charge in [0, 0.05) is 18.2 Å². The Labute approximate surface area is 174 Å². The third-order valence-corrected chi connectivity index (χ3v) is 6.15. The first kappa shape index (κ1) is 20.0. The molecule has 1 atom stereocenters. The van der Waals surface area contributed by atoms with E-state index in [0.29, 0.717) is 24.2 Å². The van der Waals surface area contributed by atoms with Crippen molar-refractivity contribution in [3.05, 3.63) is 36.2 Å². The van der Waals surface area contributed by atoms with Crippen LogP contribution in [0.25, 0.3) is 16.9 Å². The highest BCUT2D eigenvalue weighted by molar-refractivity contribution is 7.84. The minimum atomic E-state index is -1.31. The van der Waals surface area contributed by atoms with Gasteiger partial charge in [-0.2, -0.15) is 4.98 Å². The molecule has 1 saturated carbocycles. The number of nitrogens with zero attached hydrogens (tertiary/aromatic N) is 4. The molecule has 29 heavy (non-hydrogen) atoms. The maximum Gasteiger partial charge on any atom is 0.223 e. The van der Waals surface area contributed by atoms with Crippen LogP contribution in [0.4, 0.5) is 0 Å². The lowest BCUT2D eigenvalue weighted by Crippen LogP contribution is -2.16. The number of hydrogen-bond donors (Lipinski definition) is 0. The third kappa shape index (κ3) is 4.34. The minimum absolute atomic E-state index is 0.208. The Kier molecular flexibility index (Phi) is 5.94. The monoisotopic (exact) mass is 412 g/mol. The topological polar surface area (TPSA) is 69.9 Å². The second-order valence-electron chi connectivity index (χ2n) is 8.06. The van der Waals surface area contributed by atoms with E-state index in [-0.39, 0.29) is 11.1 Å². The van der Waals surface area contributed by atoms with Crippen LogP contribution in [-0.4, -0.2) is 36.6 Å². The van der Waals surface area contributed by atoms with Crippen molar-refractivity contribution in [2.24, 2.45) is 5.92 Å². The summed E-state index contributed by atoms with van der Waals surface area (Å²) in [6.07, 6.45) is 7.86. The van der Waals surface area contributed by atoms with Crippen molar-refractivity contribution in [1.82, 2.24) is 19.5 Å². The van der Waals surface area contributed by atoms with Crippen molar-refractivity contribution in [3.8, 4) is 11.7 Å². The molecule has 1 aromatic carbocycles. The molecule has 2 aromatic heterocycles. The van der Waals surface area contributed by atoms with Crippen molar-refractivity contribution in [2.45, 2.75) is 57.0 Å². The van der Waals surface area contributed by atoms with Crippen LogP contribution < -0.4 is 4.74 Å². The first-order chi connectivity index (χ1) is 14.0. The molecule has 7 heteroatoms. The number of imidazole rings is 1. The molecule has 4 rings (SSSR count). The zero-order valence-corrected chi connectivity index (χ0v) is 18.1. The number of hydrogen-bond acceptors (Lipinski definition) is 5. The summed E-state index contributed by atoms with van der Waals surface area (Å²) < 4.78 is 20.3. The van der Waals surface area contributed by atoms with Gasteiger partial charge in [0.2, 0.25) is 11.0 Å². The highest BCUT2D eigenvalue weighted by atomic mass is 32.2. The van der Waals surface area contributed by atoms with Crippen LogP contribution in [0.2, 0.25) is 0 Å². The van der Waals surface area contributed by atoms with Crippen LogP contribution in [0.1, 0.15) is 57.7 Å². The molecular formula is C22H28N4O2S. The van der Waals surface area contributed by atoms with E-state index in [1.54, 1.807) is 6.26 Å². The summed E-state index contributed by atoms with van der Waals surface area (Å²) in [5.74, 6) is 2.83. The standard InChI is InChI=1S/C22H28N4O2S/c1-15(2)21-23-17-11-7-8-12-18(17)26(21)19-13-20(25-22(24-19)29(3)27)28-14-16-9-5-4-6-10-16/h7-8,11-13,15-16H,4-6,9-10,14H2,1-3H3. The number of ether oxygens (including phenoxy) is 1. The summed E-state index contributed by atoms with van der Waals surface area (Å²) in [4.78, 5) is 13.8. The molecule has 1 aliphatic rings. The highest BCUT2D eigenvalue weighted by Crippen LogP contribution is 2.28. The van der Waals surface area contributed by atoms with Crippen molar-refractivity contribution < 1.29 is 8.95 Å². The van der Waals surface area contributed by atoms with E-state index >= 15 is 0 Å². The second kappa shape index (κ2) is 8.61. The third-order valence-electron chi connectivity index (χ3n) is 5.45. The fourth-order valence-electron chi connectivity index (χ4n) is 3.94. The van der Waals surface area contributed by atoms with Crippen molar-refractivity contribution >= 4 is 21.8 Å². The van der Waals surface area contributed by atoms with Crippen LogP contribution in [0, 0.1) is 5.92 Å². The van der Waals surface area contributed by atoms with Gasteiger partial charge in [-0.1, -0.05) is 45.2 Å². The SMILES string of the molecule is CC(C)c1nc2ccccc2n1-c1cc(OCC2CCCCC2)nc(S(C)=O)n1. The van der Waals surface area contributed by atoms with Gasteiger partial charge in [0.1, 0.15) is 11.6 Å². The Morgan fingerprint density at radius 1 is 1.14 bits per heavy atom. The molecule has 1 fully saturated rings. The Balaban J connectivity index is 1.75. The van der Waals surface area contributed by atoms with Gasteiger partial charge in [-0.3, -0.25) is 8.78 Å². The predicted octanol–water partition coefficient (Wildman–Crippen LogP) is 4.64. The van der Waals surface area contributed by atoms with E-state index in [9.17, 15) is 4.21 Å². The Hall–Kier alpha value is -2.28. The van der Waals surface area contributed by atoms with Crippen molar-refractivity contribution in [2.75, 3.05) is 12.9 Å². The van der Waals surface area contributed by atoms with Gasteiger partial charge in [0.15, 0.2) is 0 Å². The number of fused-ring (bicyclic) bond motifs is 1. The fraction of sp³-hybridized carbons (Fsp3) is 0.500. The van der Waals surface area contributed by atoms with Gasteiger partial charge in [0.25, 0.3) is 0 Å². The molecule has 1 aliphatic carbocycles. The normalized spacial score (nSPS) is 16.4. The Bertz CT molecular complexity index is 1020. The second-order valence-corrected chi connectivity index (χ2v) is 9.34. The van der Waals surface area contributed by atoms with Crippen LogP contribution in [0.15, 0.2) is 35.5 Å². The van der Waals surface area contributed by atoms with Gasteiger partial charge in [-0.05, 0) is 30.9 Å². The zero-order valence-electron chi connectivity index (χ0n) is 17.3. The molecule has 0 N–H and O–H groups in total. The summed E-state index contributed by atoms with van der Waals surface area (Å²) in [5, 5.41) is 0.286. The average molecular weight is 413 g/mol. The Morgan fingerprint density at radius 2 is 1.90 bits per heavy atom. The molecule has 3 aromatic rings. The van der Waals surface area contributed by atoms with E-state index in [0.717, 1.165) is 16.9 Å². The van der Waals surface area contributed by atoms with Gasteiger partial charge in [-0.15, -0.1) is 0 Å². The first-order valence-corrected chi connectivity index (χ1v) is 11.9. The maximum absolute atomic E-state index is 12.2. The highest BCUT2D eigenvalue weighted by Gasteiger charge is 2.20. The first-order valence-electron chi connectivity index (χ1n) is 10.4. The van der Waals surface area contributed by atoms with E-state index in [1.165, 1.54) is 32.1 Å². The molecule has 0 radical (unpaired) electrons. The quantitative estimate of drug-likeness (QED) is 0.552. The number of rotatable bonds is 6. The molecule has 6 nitrogen and oxygen atoms in total. The summed E-state index contributed by atoms with van der Waals surface area (Å²) in [6, 6.07) is 9.85. The Morgan fingerprint density at radius 3 is 2.62 bits per heavy atom. The lowest BCUT2D eigenvalue weighted by molar-refractivity contribution is 0.201. The zero-order chi connectivity index (χ0) is 20.4. The molecule has 0 spiro atoms. The lowest BCUT2D eigenvalue weighted by Gasteiger charge is -2.21. The van der Waals surface area contributed by atoms with Crippen LogP contribution in [0.3, 0.4) is 0 Å². The lowest BCUT2D eigenvalue weighted by atomic mass is 9.90. The summed E-state index contributed by atoms with van der Waals surface area (Å²) >= 11 is 0. The van der Waals surface area contributed by atoms with E-state index in [4.69, 9.17) is 9.72 Å². The predicted molar refractivity (Wildman–Crippen MR) is 115 cm³/mol. The van der Waals surface area contributed by atoms with E-state index in [2.05, 4.69) is 23.8 Å². The molecule has 0 amide bonds. The summed E-state index contributed by atoms with van der Waals surface area (Å²) in [7, 11) is -1.31. The van der Waals surface area contributed by atoms with Crippen molar-refractivity contribution in [1.29, 1.82) is 0 Å². The van der Waals surface area contributed by atoms with E-state index < -0.39 is 10.8 Å². The van der Waals surface area contributed by atoms with Gasteiger partial charge in [0.05, 0.1) is 28.4 Å². The van der Waals surface area contributed by atoms with Gasteiger partial charge < -0.3 is 4.74 Å². The summed E-state index contributed by atoms with van der Waals surface area (Å²) in [5.41, 5.74) is 1.89. The molecule has 0 saturated heterocycles. The maximum atomic E-state index is 12.2. The number of aromatic nitrogens is 4. The number of benzene rings is 1. The van der Waals surface area contributed by atoms with Gasteiger partial charge >= 0.3 is 0 Å². The molecule has 0 bridgehead atoms. The molecule has 1 unspecified atom stereocenters. The van der Waals surface area contributed by atoms with Crippen LogP contribution in [-0.2, 0) is 10.8 Å². The fourth-order valence-corrected chi connectivity index (χ4v) is 4.38. The summed E-state index contributed by atoms with van der Waals surface area (Å²) in [6.45, 7) is 4.87. The molecule has 154 valence electrons. The van der Waals surface area contributed by atoms with E-state index in [1.807, 2.05) is 34.9 Å². The van der Waals surface area contributed by atoms with Crippen LogP contribution in [0.5, 0.6) is 5.88 Å². The molecule has 0 aliphatic heterocycles.